The van der Waals surface area contributed by atoms with E-state index in [1.807, 2.05) is 6.92 Å². The van der Waals surface area contributed by atoms with Crippen molar-refractivity contribution in [3.8, 4) is 0 Å². The molecule has 1 rings (SSSR count). The van der Waals surface area contributed by atoms with Crippen LogP contribution in [0.5, 0.6) is 0 Å². The van der Waals surface area contributed by atoms with Crippen LogP contribution in [-0.4, -0.2) is 41.0 Å². The molecule has 3 N–H and O–H groups in total. The van der Waals surface area contributed by atoms with Gasteiger partial charge in [-0.15, -0.1) is 0 Å². The van der Waals surface area contributed by atoms with Crippen molar-refractivity contribution in [2.24, 2.45) is 0 Å². The number of benzene rings is 1. The summed E-state index contributed by atoms with van der Waals surface area (Å²) in [5, 5.41) is 5.73. The highest BCUT2D eigenvalue weighted by atomic mass is 32.2. The molecule has 0 spiro atoms. The molecule has 0 bridgehead atoms. The van der Waals surface area contributed by atoms with Crippen LogP contribution < -0.4 is 15.4 Å². The second-order valence-corrected chi connectivity index (χ2v) is 6.02. The summed E-state index contributed by atoms with van der Waals surface area (Å²) >= 11 is 0. The summed E-state index contributed by atoms with van der Waals surface area (Å²) in [6, 6.07) is 6.06. The zero-order valence-corrected chi connectivity index (χ0v) is 12.0. The monoisotopic (exact) mass is 285 g/mol. The van der Waals surface area contributed by atoms with E-state index in [0.29, 0.717) is 12.1 Å². The predicted octanol–water partition coefficient (Wildman–Crippen LogP) is -0.0676. The molecule has 1 atom stereocenters. The van der Waals surface area contributed by atoms with Gasteiger partial charge in [0.25, 0.3) is 5.91 Å². The van der Waals surface area contributed by atoms with Crippen LogP contribution in [0.3, 0.4) is 0 Å². The Balaban J connectivity index is 2.85. The zero-order chi connectivity index (χ0) is 14.5. The number of likely N-dealkylation sites (N-methyl/N-ethyl adjacent to an activating group) is 1. The Bertz CT molecular complexity index is 543. The predicted molar refractivity (Wildman–Crippen MR) is 73.5 cm³/mol. The molecular formula is C12H19N3O3S. The fourth-order valence-corrected chi connectivity index (χ4v) is 2.15. The van der Waals surface area contributed by atoms with Crippen molar-refractivity contribution in [3.63, 3.8) is 0 Å². The molecule has 6 nitrogen and oxygen atoms in total. The number of hydrogen-bond acceptors (Lipinski definition) is 4. The maximum Gasteiger partial charge on any atom is 0.251 e. The molecule has 0 aromatic heterocycles. The van der Waals surface area contributed by atoms with E-state index in [-0.39, 0.29) is 16.8 Å². The van der Waals surface area contributed by atoms with Crippen LogP contribution in [0.4, 0.5) is 0 Å². The number of carbonyl (C=O) groups excluding carboxylic acids is 1. The van der Waals surface area contributed by atoms with Crippen LogP contribution in [-0.2, 0) is 10.0 Å². The smallest absolute Gasteiger partial charge is 0.251 e. The molecule has 1 amide bonds. The number of nitrogens with one attached hydrogen (secondary N) is 3. The zero-order valence-electron chi connectivity index (χ0n) is 11.2. The molecule has 0 saturated heterocycles. The van der Waals surface area contributed by atoms with Crippen molar-refractivity contribution in [1.29, 1.82) is 0 Å². The van der Waals surface area contributed by atoms with Crippen LogP contribution in [0.1, 0.15) is 17.3 Å². The van der Waals surface area contributed by atoms with Gasteiger partial charge in [0, 0.05) is 18.2 Å². The number of carbonyl (C=O) groups is 1. The first-order valence-corrected chi connectivity index (χ1v) is 7.38. The van der Waals surface area contributed by atoms with E-state index in [2.05, 4.69) is 15.4 Å². The summed E-state index contributed by atoms with van der Waals surface area (Å²) in [5.74, 6) is -0.296. The van der Waals surface area contributed by atoms with Gasteiger partial charge in [-0.2, -0.15) is 0 Å². The fraction of sp³-hybridized carbons (Fsp3) is 0.417. The minimum atomic E-state index is -3.53. The third-order valence-electron chi connectivity index (χ3n) is 2.74. The van der Waals surface area contributed by atoms with Gasteiger partial charge in [0.1, 0.15) is 0 Å². The van der Waals surface area contributed by atoms with Crippen molar-refractivity contribution < 1.29 is 13.2 Å². The van der Waals surface area contributed by atoms with E-state index < -0.39 is 10.0 Å². The van der Waals surface area contributed by atoms with Gasteiger partial charge in [-0.1, -0.05) is 6.07 Å². The van der Waals surface area contributed by atoms with E-state index in [1.165, 1.54) is 19.2 Å². The molecule has 19 heavy (non-hydrogen) atoms. The normalized spacial score (nSPS) is 13.0. The van der Waals surface area contributed by atoms with E-state index in [9.17, 15) is 13.2 Å². The molecule has 0 aliphatic carbocycles. The van der Waals surface area contributed by atoms with Crippen molar-refractivity contribution in [3.05, 3.63) is 29.8 Å². The minimum Gasteiger partial charge on any atom is -0.350 e. The van der Waals surface area contributed by atoms with E-state index in [0.717, 1.165) is 0 Å². The summed E-state index contributed by atoms with van der Waals surface area (Å²) in [4.78, 5) is 12.0. The van der Waals surface area contributed by atoms with Gasteiger partial charge in [0.05, 0.1) is 4.90 Å². The largest absolute Gasteiger partial charge is 0.350 e. The highest BCUT2D eigenvalue weighted by molar-refractivity contribution is 7.89. The van der Waals surface area contributed by atoms with Crippen molar-refractivity contribution >= 4 is 15.9 Å². The van der Waals surface area contributed by atoms with Crippen molar-refractivity contribution in [1.82, 2.24) is 15.4 Å². The Labute approximate surface area is 113 Å². The molecule has 1 aromatic carbocycles. The first-order valence-electron chi connectivity index (χ1n) is 5.89. The van der Waals surface area contributed by atoms with Gasteiger partial charge in [-0.05, 0) is 39.2 Å². The van der Waals surface area contributed by atoms with Gasteiger partial charge < -0.3 is 10.6 Å². The molecular weight excluding hydrogens is 266 g/mol. The van der Waals surface area contributed by atoms with Gasteiger partial charge in [-0.3, -0.25) is 4.79 Å². The first kappa shape index (κ1) is 15.6. The average molecular weight is 285 g/mol. The Morgan fingerprint density at radius 3 is 2.58 bits per heavy atom. The Morgan fingerprint density at radius 2 is 2.00 bits per heavy atom. The Hall–Kier alpha value is -1.44. The number of amides is 1. The van der Waals surface area contributed by atoms with Crippen LogP contribution in [0.15, 0.2) is 29.2 Å². The summed E-state index contributed by atoms with van der Waals surface area (Å²) in [5.41, 5.74) is 0.319. The summed E-state index contributed by atoms with van der Waals surface area (Å²) in [6.07, 6.45) is 0. The lowest BCUT2D eigenvalue weighted by atomic mass is 10.2. The number of rotatable bonds is 6. The average Bonchev–Trinajstić information content (AvgIpc) is 2.44. The van der Waals surface area contributed by atoms with E-state index >= 15 is 0 Å². The van der Waals surface area contributed by atoms with Crippen LogP contribution in [0.25, 0.3) is 0 Å². The lowest BCUT2D eigenvalue weighted by Crippen LogP contribution is -2.37. The van der Waals surface area contributed by atoms with Crippen LogP contribution in [0, 0.1) is 0 Å². The Morgan fingerprint density at radius 1 is 1.32 bits per heavy atom. The summed E-state index contributed by atoms with van der Waals surface area (Å²) < 4.78 is 25.5. The van der Waals surface area contributed by atoms with E-state index in [1.54, 1.807) is 19.2 Å². The van der Waals surface area contributed by atoms with Gasteiger partial charge in [-0.25, -0.2) is 13.1 Å². The van der Waals surface area contributed by atoms with Crippen LogP contribution >= 0.6 is 0 Å². The van der Waals surface area contributed by atoms with Crippen molar-refractivity contribution in [2.45, 2.75) is 17.9 Å². The third-order valence-corrected chi connectivity index (χ3v) is 4.15. The standard InChI is InChI=1S/C12H19N3O3S/c1-9(13-2)8-15-12(16)10-5-4-6-11(7-10)19(17,18)14-3/h4-7,9,13-14H,8H2,1-3H3,(H,15,16). The lowest BCUT2D eigenvalue weighted by Gasteiger charge is -2.11. The lowest BCUT2D eigenvalue weighted by molar-refractivity contribution is 0.0950. The van der Waals surface area contributed by atoms with Gasteiger partial charge >= 0.3 is 0 Å². The van der Waals surface area contributed by atoms with E-state index in [4.69, 9.17) is 0 Å². The summed E-state index contributed by atoms with van der Waals surface area (Å²) in [7, 11) is -0.400. The van der Waals surface area contributed by atoms with Crippen molar-refractivity contribution in [2.75, 3.05) is 20.6 Å². The molecule has 1 aromatic rings. The minimum absolute atomic E-state index is 0.0734. The maximum atomic E-state index is 11.9. The molecule has 0 fully saturated rings. The Kier molecular flexibility index (Phi) is 5.46. The van der Waals surface area contributed by atoms with Crippen LogP contribution in [0.2, 0.25) is 0 Å². The highest BCUT2D eigenvalue weighted by Crippen LogP contribution is 2.10. The molecule has 0 heterocycles. The molecule has 0 aliphatic heterocycles. The third kappa shape index (κ3) is 4.30. The molecule has 0 radical (unpaired) electrons. The SMILES string of the molecule is CNC(C)CNC(=O)c1cccc(S(=O)(=O)NC)c1. The molecule has 0 aliphatic rings. The second kappa shape index (κ2) is 6.65. The molecule has 0 saturated carbocycles. The van der Waals surface area contributed by atoms with Gasteiger partial charge in [0.2, 0.25) is 10.0 Å². The first-order chi connectivity index (χ1) is 8.90. The number of hydrogen-bond donors (Lipinski definition) is 3. The molecule has 106 valence electrons. The second-order valence-electron chi connectivity index (χ2n) is 4.14. The highest BCUT2D eigenvalue weighted by Gasteiger charge is 2.14. The molecule has 7 heteroatoms. The maximum absolute atomic E-state index is 11.9. The fourth-order valence-electron chi connectivity index (χ4n) is 1.37. The topological polar surface area (TPSA) is 87.3 Å². The quantitative estimate of drug-likeness (QED) is 0.683. The molecule has 1 unspecified atom stereocenters. The summed E-state index contributed by atoms with van der Waals surface area (Å²) in [6.45, 7) is 2.40. The number of sulfonamides is 1. The van der Waals surface area contributed by atoms with Gasteiger partial charge in [0.15, 0.2) is 0 Å².